The summed E-state index contributed by atoms with van der Waals surface area (Å²) in [5.74, 6) is 0.752. The molecule has 0 radical (unpaired) electrons. The van der Waals surface area contributed by atoms with Crippen molar-refractivity contribution in [1.82, 2.24) is 9.80 Å². The Morgan fingerprint density at radius 2 is 1.55 bits per heavy atom. The van der Waals surface area contributed by atoms with Crippen molar-refractivity contribution in [3.8, 4) is 0 Å². The number of hydrogen-bond acceptors (Lipinski definition) is 2. The second kappa shape index (κ2) is 16.9. The minimum Gasteiger partial charge on any atom is -0.325 e. The van der Waals surface area contributed by atoms with Crippen LogP contribution in [0.2, 0.25) is 5.02 Å². The Bertz CT molecular complexity index is 1350. The van der Waals surface area contributed by atoms with Crippen molar-refractivity contribution < 1.29 is 9.59 Å². The Morgan fingerprint density at radius 3 is 2.18 bits per heavy atom. The first kappa shape index (κ1) is 33.1. The molecule has 1 heterocycles. The molecule has 4 amide bonds. The third-order valence-corrected chi connectivity index (χ3v) is 8.51. The molecule has 1 aliphatic rings. The molecule has 3 aromatic rings. The quantitative estimate of drug-likeness (QED) is 0.199. The highest BCUT2D eigenvalue weighted by atomic mass is 35.5. The van der Waals surface area contributed by atoms with E-state index in [2.05, 4.69) is 61.7 Å². The maximum atomic E-state index is 13.7. The first-order chi connectivity index (χ1) is 21.3. The number of hydrogen-bond donors (Lipinski definition) is 2. The first-order valence-electron chi connectivity index (χ1n) is 16.0. The monoisotopic (exact) mass is 614 g/mol. The summed E-state index contributed by atoms with van der Waals surface area (Å²) in [6.45, 7) is 9.05. The molecule has 0 aliphatic carbocycles. The molecule has 4 rings (SSSR count). The number of likely N-dealkylation sites (tertiary alicyclic amines) is 1. The molecule has 234 valence electrons. The predicted octanol–water partition coefficient (Wildman–Crippen LogP) is 9.91. The second-order valence-corrected chi connectivity index (χ2v) is 12.6. The molecule has 44 heavy (non-hydrogen) atoms. The molecule has 3 aromatic carbocycles. The molecule has 7 heteroatoms. The van der Waals surface area contributed by atoms with E-state index in [9.17, 15) is 9.59 Å². The van der Waals surface area contributed by atoms with Crippen LogP contribution >= 0.6 is 11.6 Å². The van der Waals surface area contributed by atoms with E-state index in [1.165, 1.54) is 11.1 Å². The largest absolute Gasteiger partial charge is 0.325 e. The lowest BCUT2D eigenvalue weighted by molar-refractivity contribution is 0.161. The van der Waals surface area contributed by atoms with E-state index < -0.39 is 0 Å². The SMILES string of the molecule is CCCCCC(=Cc1ccccc1)CN(CC1CCN(C(=O)Nc2ccc(C(C)C)cc2)CC1)C(=O)Nc1ccc(Cl)cc1. The third kappa shape index (κ3) is 10.4. The van der Waals surface area contributed by atoms with Crippen LogP contribution in [-0.4, -0.2) is 48.0 Å². The van der Waals surface area contributed by atoms with Crippen molar-refractivity contribution in [2.45, 2.75) is 65.2 Å². The van der Waals surface area contributed by atoms with Gasteiger partial charge in [0.15, 0.2) is 0 Å². The summed E-state index contributed by atoms with van der Waals surface area (Å²) in [6.07, 6.45) is 8.27. The van der Waals surface area contributed by atoms with Crippen LogP contribution in [0.15, 0.2) is 84.4 Å². The highest BCUT2D eigenvalue weighted by Gasteiger charge is 2.27. The summed E-state index contributed by atoms with van der Waals surface area (Å²) < 4.78 is 0. The van der Waals surface area contributed by atoms with Gasteiger partial charge in [-0.05, 0) is 85.0 Å². The number of halogens is 1. The van der Waals surface area contributed by atoms with Crippen LogP contribution in [0.3, 0.4) is 0 Å². The molecule has 6 nitrogen and oxygen atoms in total. The fourth-order valence-corrected chi connectivity index (χ4v) is 5.69. The van der Waals surface area contributed by atoms with Crippen LogP contribution in [-0.2, 0) is 0 Å². The average molecular weight is 615 g/mol. The van der Waals surface area contributed by atoms with E-state index in [1.54, 1.807) is 12.1 Å². The van der Waals surface area contributed by atoms with E-state index in [1.807, 2.05) is 52.3 Å². The van der Waals surface area contributed by atoms with Gasteiger partial charge in [0.2, 0.25) is 0 Å². The zero-order chi connectivity index (χ0) is 31.3. The van der Waals surface area contributed by atoms with Crippen LogP contribution in [0.4, 0.5) is 21.0 Å². The van der Waals surface area contributed by atoms with Crippen LogP contribution in [0.1, 0.15) is 76.3 Å². The molecule has 1 saturated heterocycles. The third-order valence-electron chi connectivity index (χ3n) is 8.26. The first-order valence-corrected chi connectivity index (χ1v) is 16.4. The number of piperidine rings is 1. The maximum absolute atomic E-state index is 13.7. The Morgan fingerprint density at radius 1 is 0.909 bits per heavy atom. The molecule has 2 N–H and O–H groups in total. The van der Waals surface area contributed by atoms with E-state index in [0.29, 0.717) is 43.0 Å². The van der Waals surface area contributed by atoms with Crippen LogP contribution in [0.25, 0.3) is 6.08 Å². The zero-order valence-corrected chi connectivity index (χ0v) is 27.2. The summed E-state index contributed by atoms with van der Waals surface area (Å²) in [6, 6.07) is 25.4. The fourth-order valence-electron chi connectivity index (χ4n) is 5.57. The van der Waals surface area contributed by atoms with Crippen molar-refractivity contribution in [1.29, 1.82) is 0 Å². The molecule has 0 unspecified atom stereocenters. The minimum atomic E-state index is -0.119. The number of amides is 4. The van der Waals surface area contributed by atoms with Gasteiger partial charge in [0, 0.05) is 42.6 Å². The zero-order valence-electron chi connectivity index (χ0n) is 26.4. The van der Waals surface area contributed by atoms with Gasteiger partial charge in [-0.1, -0.05) is 99.3 Å². The molecule has 0 aromatic heterocycles. The second-order valence-electron chi connectivity index (χ2n) is 12.1. The summed E-state index contributed by atoms with van der Waals surface area (Å²) >= 11 is 6.08. The highest BCUT2D eigenvalue weighted by molar-refractivity contribution is 6.30. The van der Waals surface area contributed by atoms with E-state index in [0.717, 1.165) is 55.5 Å². The smallest absolute Gasteiger partial charge is 0.322 e. The number of urea groups is 2. The summed E-state index contributed by atoms with van der Waals surface area (Å²) in [5, 5.41) is 6.77. The number of rotatable bonds is 12. The number of benzene rings is 3. The number of anilines is 2. The van der Waals surface area contributed by atoms with Gasteiger partial charge in [-0.25, -0.2) is 9.59 Å². The van der Waals surface area contributed by atoms with Crippen molar-refractivity contribution in [2.75, 3.05) is 36.8 Å². The molecule has 0 saturated carbocycles. The number of unbranched alkanes of at least 4 members (excludes halogenated alkanes) is 2. The molecule has 1 fully saturated rings. The van der Waals surface area contributed by atoms with Gasteiger partial charge in [0.25, 0.3) is 0 Å². The van der Waals surface area contributed by atoms with Gasteiger partial charge >= 0.3 is 12.1 Å². The molecule has 0 bridgehead atoms. The Labute approximate surface area is 268 Å². The van der Waals surface area contributed by atoms with Crippen LogP contribution in [0.5, 0.6) is 0 Å². The minimum absolute atomic E-state index is 0.0675. The number of carbonyl (C=O) groups is 2. The Hall–Kier alpha value is -3.77. The Balaban J connectivity index is 1.42. The van der Waals surface area contributed by atoms with E-state index >= 15 is 0 Å². The molecular weight excluding hydrogens is 568 g/mol. The summed E-state index contributed by atoms with van der Waals surface area (Å²) in [4.78, 5) is 30.6. The van der Waals surface area contributed by atoms with Gasteiger partial charge in [-0.3, -0.25) is 0 Å². The summed E-state index contributed by atoms with van der Waals surface area (Å²) in [5.41, 5.74) is 5.18. The highest BCUT2D eigenvalue weighted by Crippen LogP contribution is 2.24. The topological polar surface area (TPSA) is 64.7 Å². The number of nitrogens with one attached hydrogen (secondary N) is 2. The predicted molar refractivity (Wildman–Crippen MR) is 184 cm³/mol. The summed E-state index contributed by atoms with van der Waals surface area (Å²) in [7, 11) is 0. The van der Waals surface area contributed by atoms with E-state index in [-0.39, 0.29) is 12.1 Å². The molecule has 0 spiro atoms. The van der Waals surface area contributed by atoms with Crippen LogP contribution < -0.4 is 10.6 Å². The standard InChI is InChI=1S/C37H47ClN4O2/c1-4-5-7-12-31(25-29-10-8-6-9-11-29)27-42(37(44)40-35-19-15-33(38)16-20-35)26-30-21-23-41(24-22-30)36(43)39-34-17-13-32(14-18-34)28(2)3/h6,8-11,13-20,25,28,30H,4-5,7,12,21-24,26-27H2,1-3H3,(H,39,43)(H,40,44). The van der Waals surface area contributed by atoms with Crippen molar-refractivity contribution >= 4 is 41.1 Å². The van der Waals surface area contributed by atoms with Crippen molar-refractivity contribution in [3.05, 3.63) is 101 Å². The van der Waals surface area contributed by atoms with Gasteiger partial charge in [-0.15, -0.1) is 0 Å². The fraction of sp³-hybridized carbons (Fsp3) is 0.405. The lowest BCUT2D eigenvalue weighted by Gasteiger charge is -2.35. The molecule has 0 atom stereocenters. The Kier molecular flexibility index (Phi) is 12.7. The van der Waals surface area contributed by atoms with Gasteiger partial charge < -0.3 is 20.4 Å². The maximum Gasteiger partial charge on any atom is 0.322 e. The van der Waals surface area contributed by atoms with Crippen molar-refractivity contribution in [3.63, 3.8) is 0 Å². The molecular formula is C37H47ClN4O2. The number of nitrogens with zero attached hydrogens (tertiary/aromatic N) is 2. The normalized spacial score (nSPS) is 14.0. The lowest BCUT2D eigenvalue weighted by atomic mass is 9.95. The van der Waals surface area contributed by atoms with Crippen molar-refractivity contribution in [2.24, 2.45) is 5.92 Å². The van der Waals surface area contributed by atoms with E-state index in [4.69, 9.17) is 11.6 Å². The van der Waals surface area contributed by atoms with Crippen LogP contribution in [0, 0.1) is 5.92 Å². The van der Waals surface area contributed by atoms with Gasteiger partial charge in [0.1, 0.15) is 0 Å². The number of carbonyl (C=O) groups excluding carboxylic acids is 2. The average Bonchev–Trinajstić information content (AvgIpc) is 3.03. The lowest BCUT2D eigenvalue weighted by Crippen LogP contribution is -2.45. The van der Waals surface area contributed by atoms with Gasteiger partial charge in [-0.2, -0.15) is 0 Å². The molecule has 1 aliphatic heterocycles. The van der Waals surface area contributed by atoms with Gasteiger partial charge in [0.05, 0.1) is 0 Å².